The van der Waals surface area contributed by atoms with Crippen molar-refractivity contribution in [3.63, 3.8) is 0 Å². The van der Waals surface area contributed by atoms with E-state index in [0.29, 0.717) is 0 Å². The van der Waals surface area contributed by atoms with Crippen molar-refractivity contribution in [3.05, 3.63) is 154 Å². The van der Waals surface area contributed by atoms with Gasteiger partial charge in [-0.15, -0.1) is 36.8 Å². The van der Waals surface area contributed by atoms with E-state index in [2.05, 4.69) is 152 Å². The minimum absolute atomic E-state index is 0. The van der Waals surface area contributed by atoms with Crippen molar-refractivity contribution in [3.8, 4) is 11.1 Å². The summed E-state index contributed by atoms with van der Waals surface area (Å²) >= 11 is 1.56. The first-order chi connectivity index (χ1) is 20.8. The van der Waals surface area contributed by atoms with Crippen LogP contribution in [0.15, 0.2) is 97.1 Å². The Balaban J connectivity index is 0.000000270. The second-order valence-corrected chi connectivity index (χ2v) is 15.9. The van der Waals surface area contributed by atoms with Gasteiger partial charge in [0.25, 0.3) is 0 Å². The number of aryl methyl sites for hydroxylation is 2. The van der Waals surface area contributed by atoms with Gasteiger partial charge in [-0.1, -0.05) is 76.3 Å². The maximum absolute atomic E-state index is 3.53. The average Bonchev–Trinajstić information content (AvgIpc) is 3.66. The van der Waals surface area contributed by atoms with Gasteiger partial charge >= 0.3 is 125 Å². The smallest absolute Gasteiger partial charge is 0.109 e. The molecule has 0 amide bonds. The van der Waals surface area contributed by atoms with Gasteiger partial charge in [0.2, 0.25) is 0 Å². The van der Waals surface area contributed by atoms with E-state index >= 15 is 0 Å². The summed E-state index contributed by atoms with van der Waals surface area (Å²) in [5.41, 5.74) is 14.5. The Morgan fingerprint density at radius 1 is 0.717 bits per heavy atom. The molecule has 46 heavy (non-hydrogen) atoms. The maximum atomic E-state index is 3.53. The van der Waals surface area contributed by atoms with E-state index in [0.717, 1.165) is 25.7 Å². The summed E-state index contributed by atoms with van der Waals surface area (Å²) in [6.07, 6.45) is 13.3. The molecule has 0 aliphatic heterocycles. The Morgan fingerprint density at radius 3 is 1.72 bits per heavy atom. The topological polar surface area (TPSA) is 0 Å². The molecule has 0 heterocycles. The molecular weight excluding hydrogens is 679 g/mol. The van der Waals surface area contributed by atoms with Crippen molar-refractivity contribution >= 4 is 28.0 Å². The number of rotatable bonds is 4. The van der Waals surface area contributed by atoms with Crippen LogP contribution in [0.25, 0.3) is 11.1 Å². The molecule has 0 nitrogen and oxygen atoms in total. The van der Waals surface area contributed by atoms with E-state index in [-0.39, 0.29) is 35.6 Å². The largest absolute Gasteiger partial charge is 0.273 e. The molecule has 6 rings (SSSR count). The molecule has 0 spiro atoms. The molecule has 3 heteroatoms. The quantitative estimate of drug-likeness (QED) is 0.162. The van der Waals surface area contributed by atoms with Crippen LogP contribution in [-0.2, 0) is 54.3 Å². The van der Waals surface area contributed by atoms with E-state index in [1.807, 2.05) is 12.2 Å². The first kappa shape index (κ1) is 39.9. The van der Waals surface area contributed by atoms with Gasteiger partial charge < -0.3 is 0 Å². The number of fused-ring (bicyclic) bond motifs is 3. The minimum atomic E-state index is 0. The standard InChI is InChI=1S/C21H25.C17H18.C5H5.2ClH.Zr/c1-20(2,3)16-9-7-14-11-15-8-10-17(21(4,5)6)13-19(15)18(14)12-16;1-14-8-3-5-10-16(14)12-7-13-17-11-6-4-9-15(17)2;1-2-4-5-3-1;;;/h7,9-10,12-13H,11H2,1-6H3;3-6,8-11H,12-13H2,1-2H3;1-3H,4H2;2*1H;/q-1;;-1;;;+2. The van der Waals surface area contributed by atoms with Gasteiger partial charge in [0, 0.05) is 0 Å². The molecule has 2 aliphatic carbocycles. The van der Waals surface area contributed by atoms with E-state index in [9.17, 15) is 0 Å². The van der Waals surface area contributed by atoms with Crippen LogP contribution in [0.2, 0.25) is 0 Å². The first-order valence-corrected chi connectivity index (χ1v) is 17.1. The van der Waals surface area contributed by atoms with Gasteiger partial charge in [-0.2, -0.15) is 35.4 Å². The molecule has 0 saturated heterocycles. The molecule has 0 bridgehead atoms. The number of allylic oxidation sites excluding steroid dienone is 4. The van der Waals surface area contributed by atoms with Crippen molar-refractivity contribution in [1.29, 1.82) is 0 Å². The van der Waals surface area contributed by atoms with Gasteiger partial charge in [-0.25, -0.2) is 12.2 Å². The second-order valence-electron chi connectivity index (χ2n) is 14.1. The summed E-state index contributed by atoms with van der Waals surface area (Å²) in [5.74, 6) is 0. The monoisotopic (exact) mass is 726 g/mol. The molecule has 4 aromatic rings. The van der Waals surface area contributed by atoms with Crippen LogP contribution in [0.4, 0.5) is 0 Å². The minimum Gasteiger partial charge on any atom is -0.273 e. The zero-order chi connectivity index (χ0) is 31.9. The molecule has 240 valence electrons. The van der Waals surface area contributed by atoms with Crippen LogP contribution in [0.1, 0.15) is 92.5 Å². The van der Waals surface area contributed by atoms with Gasteiger partial charge in [0.15, 0.2) is 0 Å². The molecule has 0 aromatic heterocycles. The molecule has 0 radical (unpaired) electrons. The fraction of sp³-hybridized carbons (Fsp3) is 0.326. The summed E-state index contributed by atoms with van der Waals surface area (Å²) < 4.78 is 1.62. The van der Waals surface area contributed by atoms with Crippen molar-refractivity contribution in [1.82, 2.24) is 0 Å². The molecule has 0 atom stereocenters. The number of hydrogen-bond acceptors (Lipinski definition) is 0. The first-order valence-electron chi connectivity index (χ1n) is 15.9. The Labute approximate surface area is 307 Å². The number of halogens is 2. The van der Waals surface area contributed by atoms with Crippen LogP contribution in [0.3, 0.4) is 0 Å². The van der Waals surface area contributed by atoms with Crippen LogP contribution in [-0.4, -0.2) is 3.21 Å². The van der Waals surface area contributed by atoms with Gasteiger partial charge in [-0.05, 0) is 17.4 Å². The van der Waals surface area contributed by atoms with Gasteiger partial charge in [-0.3, -0.25) is 6.08 Å². The molecule has 4 aromatic carbocycles. The van der Waals surface area contributed by atoms with Gasteiger partial charge in [0.1, 0.15) is 0 Å². The average molecular weight is 729 g/mol. The third kappa shape index (κ3) is 11.1. The zero-order valence-electron chi connectivity index (χ0n) is 28.9. The molecular formula is C43H50Cl2Zr. The number of benzene rings is 4. The van der Waals surface area contributed by atoms with E-state index in [1.165, 1.54) is 55.6 Å². The molecule has 0 fully saturated rings. The van der Waals surface area contributed by atoms with Crippen LogP contribution < -0.4 is 0 Å². The van der Waals surface area contributed by atoms with Crippen LogP contribution in [0, 0.1) is 26.0 Å². The normalized spacial score (nSPS) is 12.4. The zero-order valence-corrected chi connectivity index (χ0v) is 33.0. The Bertz CT molecular complexity index is 1540. The predicted octanol–water partition coefficient (Wildman–Crippen LogP) is 11.6. The van der Waals surface area contributed by atoms with Crippen molar-refractivity contribution in [2.75, 3.05) is 0 Å². The maximum Gasteiger partial charge on any atom is -0.109 e. The fourth-order valence-corrected chi connectivity index (χ4v) is 6.40. The molecule has 0 saturated carbocycles. The predicted molar refractivity (Wildman–Crippen MR) is 202 cm³/mol. The fourth-order valence-electron chi connectivity index (χ4n) is 5.46. The SMILES string of the molecule is CC(C)(C)c1c[c-]c2c(c1)-c1cc(C(C)(C)C)ccc1C2.Cc1ccccc1C[C](=[Zr+2])Cc1ccccc1C.Cl.Cl.[C-]1=CC=CC1. The Morgan fingerprint density at radius 2 is 1.26 bits per heavy atom. The summed E-state index contributed by atoms with van der Waals surface area (Å²) in [6, 6.07) is 32.5. The molecule has 2 aliphatic rings. The number of hydrogen-bond donors (Lipinski definition) is 0. The summed E-state index contributed by atoms with van der Waals surface area (Å²) in [5, 5.41) is 0. The molecule has 0 unspecified atom stereocenters. The van der Waals surface area contributed by atoms with Crippen molar-refractivity contribution in [2.45, 2.75) is 91.9 Å². The summed E-state index contributed by atoms with van der Waals surface area (Å²) in [7, 11) is 0. The van der Waals surface area contributed by atoms with E-state index in [1.54, 1.807) is 27.4 Å². The van der Waals surface area contributed by atoms with E-state index in [4.69, 9.17) is 0 Å². The van der Waals surface area contributed by atoms with Gasteiger partial charge in [0.05, 0.1) is 0 Å². The summed E-state index contributed by atoms with van der Waals surface area (Å²) in [4.78, 5) is 0. The van der Waals surface area contributed by atoms with E-state index < -0.39 is 0 Å². The second kappa shape index (κ2) is 17.7. The Hall–Kier alpha value is -2.31. The summed E-state index contributed by atoms with van der Waals surface area (Å²) in [6.45, 7) is 18.0. The Kier molecular flexibility index (Phi) is 15.4. The van der Waals surface area contributed by atoms with Crippen LogP contribution in [0.5, 0.6) is 0 Å². The third-order valence-electron chi connectivity index (χ3n) is 8.44. The third-order valence-corrected chi connectivity index (χ3v) is 9.31. The molecule has 0 N–H and O–H groups in total. The van der Waals surface area contributed by atoms with Crippen molar-refractivity contribution in [2.24, 2.45) is 0 Å². The van der Waals surface area contributed by atoms with Crippen LogP contribution >= 0.6 is 24.8 Å². The van der Waals surface area contributed by atoms with Crippen molar-refractivity contribution < 1.29 is 24.2 Å².